The Morgan fingerprint density at radius 2 is 2.16 bits per heavy atom. The predicted molar refractivity (Wildman–Crippen MR) is 71.9 cm³/mol. The molecule has 2 aliphatic rings. The Kier molecular flexibility index (Phi) is 4.45. The van der Waals surface area contributed by atoms with Crippen LogP contribution in [0.3, 0.4) is 0 Å². The second-order valence-electron chi connectivity index (χ2n) is 5.48. The number of amides is 2. The number of urea groups is 1. The monoisotopic (exact) mass is 266 g/mol. The van der Waals surface area contributed by atoms with Gasteiger partial charge in [-0.05, 0) is 32.6 Å². The van der Waals surface area contributed by atoms with Gasteiger partial charge in [-0.2, -0.15) is 0 Å². The fraction of sp³-hybridized carbons (Fsp3) is 0.714. The van der Waals surface area contributed by atoms with Crippen LogP contribution in [0.2, 0.25) is 0 Å². The smallest absolute Gasteiger partial charge is 0.320 e. The van der Waals surface area contributed by atoms with E-state index in [1.54, 1.807) is 4.90 Å². The number of carbonyl (C=O) groups is 2. The van der Waals surface area contributed by atoms with Gasteiger partial charge in [0, 0.05) is 25.7 Å². The average Bonchev–Trinajstić information content (AvgIpc) is 2.38. The summed E-state index contributed by atoms with van der Waals surface area (Å²) in [7, 11) is 0. The molecule has 1 saturated heterocycles. The summed E-state index contributed by atoms with van der Waals surface area (Å²) in [5, 5.41) is 8.96. The van der Waals surface area contributed by atoms with Crippen LogP contribution in [0.4, 0.5) is 4.79 Å². The Morgan fingerprint density at radius 3 is 2.84 bits per heavy atom. The predicted octanol–water partition coefficient (Wildman–Crippen LogP) is 2.09. The lowest BCUT2D eigenvalue weighted by atomic mass is 9.99. The first-order chi connectivity index (χ1) is 9.08. The average molecular weight is 266 g/mol. The van der Waals surface area contributed by atoms with Crippen LogP contribution in [0.25, 0.3) is 0 Å². The molecule has 0 aliphatic carbocycles. The van der Waals surface area contributed by atoms with Crippen molar-refractivity contribution in [2.75, 3.05) is 19.6 Å². The van der Waals surface area contributed by atoms with Gasteiger partial charge in [-0.25, -0.2) is 4.79 Å². The summed E-state index contributed by atoms with van der Waals surface area (Å²) in [6.07, 6.45) is 5.92. The molecule has 19 heavy (non-hydrogen) atoms. The number of carbonyl (C=O) groups excluding carboxylic acids is 1. The van der Waals surface area contributed by atoms with Gasteiger partial charge < -0.3 is 14.9 Å². The molecule has 0 aromatic heterocycles. The minimum absolute atomic E-state index is 0.0124. The molecule has 0 aromatic carbocycles. The van der Waals surface area contributed by atoms with Crippen LogP contribution >= 0.6 is 0 Å². The van der Waals surface area contributed by atoms with Crippen molar-refractivity contribution in [1.82, 2.24) is 9.80 Å². The molecule has 1 atom stereocenters. The van der Waals surface area contributed by atoms with Crippen molar-refractivity contribution in [2.45, 2.75) is 45.1 Å². The van der Waals surface area contributed by atoms with E-state index in [-0.39, 0.29) is 18.5 Å². The Labute approximate surface area is 113 Å². The van der Waals surface area contributed by atoms with E-state index in [0.29, 0.717) is 13.1 Å². The van der Waals surface area contributed by atoms with Crippen LogP contribution in [0.15, 0.2) is 11.6 Å². The number of carboxylic acid groups (broad SMARTS) is 1. The maximum Gasteiger partial charge on any atom is 0.320 e. The van der Waals surface area contributed by atoms with Crippen LogP contribution < -0.4 is 0 Å². The van der Waals surface area contributed by atoms with E-state index in [9.17, 15) is 9.59 Å². The molecule has 2 heterocycles. The highest BCUT2D eigenvalue weighted by molar-refractivity contribution is 5.76. The van der Waals surface area contributed by atoms with Gasteiger partial charge in [-0.3, -0.25) is 4.79 Å². The van der Waals surface area contributed by atoms with E-state index in [0.717, 1.165) is 32.2 Å². The minimum Gasteiger partial charge on any atom is -0.481 e. The molecule has 0 bridgehead atoms. The lowest BCUT2D eigenvalue weighted by Gasteiger charge is -2.39. The molecule has 1 unspecified atom stereocenters. The zero-order chi connectivity index (χ0) is 13.8. The van der Waals surface area contributed by atoms with E-state index in [2.05, 4.69) is 6.08 Å². The van der Waals surface area contributed by atoms with E-state index < -0.39 is 5.97 Å². The van der Waals surface area contributed by atoms with E-state index in [1.807, 2.05) is 11.8 Å². The number of nitrogens with zero attached hydrogens (tertiary/aromatic N) is 2. The van der Waals surface area contributed by atoms with Crippen molar-refractivity contribution in [3.63, 3.8) is 0 Å². The summed E-state index contributed by atoms with van der Waals surface area (Å²) >= 11 is 0. The highest BCUT2D eigenvalue weighted by Crippen LogP contribution is 2.22. The van der Waals surface area contributed by atoms with Crippen LogP contribution in [0.1, 0.15) is 39.0 Å². The summed E-state index contributed by atoms with van der Waals surface area (Å²) in [4.78, 5) is 27.0. The van der Waals surface area contributed by atoms with Crippen LogP contribution in [0.5, 0.6) is 0 Å². The molecule has 1 fully saturated rings. The first-order valence-corrected chi connectivity index (χ1v) is 7.01. The molecular weight excluding hydrogens is 244 g/mol. The Bertz CT molecular complexity index is 392. The number of carboxylic acids is 1. The zero-order valence-electron chi connectivity index (χ0n) is 11.5. The van der Waals surface area contributed by atoms with E-state index in [1.165, 1.54) is 5.57 Å². The second kappa shape index (κ2) is 6.08. The summed E-state index contributed by atoms with van der Waals surface area (Å²) in [5.74, 6) is -0.820. The molecule has 0 radical (unpaired) electrons. The molecule has 1 N–H and O–H groups in total. The number of likely N-dealkylation sites (tertiary alicyclic amines) is 1. The fourth-order valence-electron chi connectivity index (χ4n) is 2.92. The Hall–Kier alpha value is -1.52. The van der Waals surface area contributed by atoms with Crippen molar-refractivity contribution < 1.29 is 14.7 Å². The largest absolute Gasteiger partial charge is 0.481 e. The maximum atomic E-state index is 12.5. The lowest BCUT2D eigenvalue weighted by molar-refractivity contribution is -0.138. The Balaban J connectivity index is 2.02. The first-order valence-electron chi connectivity index (χ1n) is 7.01. The molecule has 5 nitrogen and oxygen atoms in total. The molecule has 0 saturated carbocycles. The summed E-state index contributed by atoms with van der Waals surface area (Å²) in [5.41, 5.74) is 1.21. The number of aliphatic carboxylic acids is 1. The number of hydrogen-bond acceptors (Lipinski definition) is 2. The van der Waals surface area contributed by atoms with Gasteiger partial charge in [0.25, 0.3) is 0 Å². The maximum absolute atomic E-state index is 12.5. The normalized spacial score (nSPS) is 24.1. The zero-order valence-corrected chi connectivity index (χ0v) is 11.5. The molecule has 2 rings (SSSR count). The third-order valence-electron chi connectivity index (χ3n) is 3.89. The highest BCUT2D eigenvalue weighted by Gasteiger charge is 2.31. The van der Waals surface area contributed by atoms with Crippen LogP contribution in [-0.2, 0) is 4.79 Å². The van der Waals surface area contributed by atoms with Crippen molar-refractivity contribution in [3.05, 3.63) is 11.6 Å². The second-order valence-corrected chi connectivity index (χ2v) is 5.48. The van der Waals surface area contributed by atoms with Crippen molar-refractivity contribution in [1.29, 1.82) is 0 Å². The molecule has 5 heteroatoms. The van der Waals surface area contributed by atoms with Crippen LogP contribution in [-0.4, -0.2) is 52.6 Å². The van der Waals surface area contributed by atoms with Gasteiger partial charge in [-0.1, -0.05) is 11.6 Å². The van der Waals surface area contributed by atoms with Crippen molar-refractivity contribution in [2.24, 2.45) is 0 Å². The quantitative estimate of drug-likeness (QED) is 0.778. The van der Waals surface area contributed by atoms with E-state index >= 15 is 0 Å². The van der Waals surface area contributed by atoms with Gasteiger partial charge in [0.1, 0.15) is 0 Å². The standard InChI is InChI=1S/C14H22N2O3/c1-11-5-4-7-15(10-11)14(19)16-8-3-2-6-12(16)9-13(17)18/h5,12H,2-4,6-10H2,1H3,(H,17,18). The molecule has 2 amide bonds. The van der Waals surface area contributed by atoms with Crippen molar-refractivity contribution >= 4 is 12.0 Å². The first kappa shape index (κ1) is 13.9. The number of hydrogen-bond donors (Lipinski definition) is 1. The van der Waals surface area contributed by atoms with Gasteiger partial charge in [0.05, 0.1) is 6.42 Å². The van der Waals surface area contributed by atoms with E-state index in [4.69, 9.17) is 5.11 Å². The molecule has 106 valence electrons. The molecule has 0 spiro atoms. The van der Waals surface area contributed by atoms with Gasteiger partial charge in [0.2, 0.25) is 0 Å². The van der Waals surface area contributed by atoms with Crippen LogP contribution in [0, 0.1) is 0 Å². The number of rotatable bonds is 2. The van der Waals surface area contributed by atoms with Gasteiger partial charge >= 0.3 is 12.0 Å². The number of piperidine rings is 1. The van der Waals surface area contributed by atoms with Gasteiger partial charge in [0.15, 0.2) is 0 Å². The highest BCUT2D eigenvalue weighted by atomic mass is 16.4. The van der Waals surface area contributed by atoms with Gasteiger partial charge in [-0.15, -0.1) is 0 Å². The SMILES string of the molecule is CC1=CCCN(C(=O)N2CCCCC2CC(=O)O)C1. The van der Waals surface area contributed by atoms with Crippen molar-refractivity contribution in [3.8, 4) is 0 Å². The Morgan fingerprint density at radius 1 is 1.37 bits per heavy atom. The topological polar surface area (TPSA) is 60.9 Å². The minimum atomic E-state index is -0.820. The molecule has 2 aliphatic heterocycles. The third-order valence-corrected chi connectivity index (χ3v) is 3.89. The fourth-order valence-corrected chi connectivity index (χ4v) is 2.92. The molecule has 0 aromatic rings. The third kappa shape index (κ3) is 3.49. The summed E-state index contributed by atoms with van der Waals surface area (Å²) < 4.78 is 0. The molecular formula is C14H22N2O3. The lowest BCUT2D eigenvalue weighted by Crippen LogP contribution is -2.52. The summed E-state index contributed by atoms with van der Waals surface area (Å²) in [6, 6.07) is -0.122. The summed E-state index contributed by atoms with van der Waals surface area (Å²) in [6.45, 7) is 4.14.